The summed E-state index contributed by atoms with van der Waals surface area (Å²) in [7, 11) is 0. The summed E-state index contributed by atoms with van der Waals surface area (Å²) in [6.07, 6.45) is 1.68. The minimum atomic E-state index is -0.529. The highest BCUT2D eigenvalue weighted by Crippen LogP contribution is 2.11. The normalized spacial score (nSPS) is 10.5. The number of aromatic nitrogens is 1. The van der Waals surface area contributed by atoms with E-state index in [0.717, 1.165) is 5.69 Å². The molecule has 0 unspecified atom stereocenters. The minimum absolute atomic E-state index is 0.0587. The van der Waals surface area contributed by atoms with Gasteiger partial charge in [-0.1, -0.05) is 12.1 Å². The zero-order valence-corrected chi connectivity index (χ0v) is 9.16. The van der Waals surface area contributed by atoms with Crippen LogP contribution in [0, 0.1) is 11.6 Å². The van der Waals surface area contributed by atoms with E-state index >= 15 is 0 Å². The summed E-state index contributed by atoms with van der Waals surface area (Å²) in [6.45, 7) is 0.629. The largest absolute Gasteiger partial charge is 0.307 e. The average molecular weight is 234 g/mol. The fourth-order valence-electron chi connectivity index (χ4n) is 1.52. The van der Waals surface area contributed by atoms with Crippen LogP contribution in [0.2, 0.25) is 0 Å². The molecule has 17 heavy (non-hydrogen) atoms. The summed E-state index contributed by atoms with van der Waals surface area (Å²) in [6, 6.07) is 9.40. The highest BCUT2D eigenvalue weighted by Gasteiger charge is 2.07. The van der Waals surface area contributed by atoms with Crippen molar-refractivity contribution in [3.8, 4) is 0 Å². The van der Waals surface area contributed by atoms with E-state index in [1.165, 1.54) is 18.2 Å². The van der Waals surface area contributed by atoms with Gasteiger partial charge in [-0.25, -0.2) is 8.78 Å². The smallest absolute Gasteiger partial charge is 0.130 e. The fourth-order valence-corrected chi connectivity index (χ4v) is 1.52. The zero-order chi connectivity index (χ0) is 12.1. The highest BCUT2D eigenvalue weighted by molar-refractivity contribution is 5.19. The Kier molecular flexibility index (Phi) is 3.77. The average Bonchev–Trinajstić information content (AvgIpc) is 2.34. The topological polar surface area (TPSA) is 24.9 Å². The highest BCUT2D eigenvalue weighted by atomic mass is 19.1. The van der Waals surface area contributed by atoms with E-state index in [9.17, 15) is 8.78 Å². The molecule has 1 aromatic carbocycles. The van der Waals surface area contributed by atoms with Crippen LogP contribution < -0.4 is 5.32 Å². The molecule has 4 heteroatoms. The Balaban J connectivity index is 1.95. The van der Waals surface area contributed by atoms with Crippen molar-refractivity contribution in [2.45, 2.75) is 13.1 Å². The molecule has 0 aliphatic rings. The lowest BCUT2D eigenvalue weighted by molar-refractivity contribution is 0.534. The van der Waals surface area contributed by atoms with Crippen molar-refractivity contribution in [1.29, 1.82) is 0 Å². The summed E-state index contributed by atoms with van der Waals surface area (Å²) < 4.78 is 26.6. The first-order valence-electron chi connectivity index (χ1n) is 5.31. The van der Waals surface area contributed by atoms with Gasteiger partial charge in [0.15, 0.2) is 0 Å². The molecule has 0 spiro atoms. The summed E-state index contributed by atoms with van der Waals surface area (Å²) in [5.41, 5.74) is 0.896. The van der Waals surface area contributed by atoms with Gasteiger partial charge < -0.3 is 5.32 Å². The maximum absolute atomic E-state index is 13.3. The van der Waals surface area contributed by atoms with Gasteiger partial charge in [-0.2, -0.15) is 0 Å². The van der Waals surface area contributed by atoms with E-state index in [0.29, 0.717) is 6.54 Å². The molecule has 2 aromatic rings. The predicted octanol–water partition coefficient (Wildman–Crippen LogP) is 2.65. The molecule has 2 rings (SSSR count). The van der Waals surface area contributed by atoms with Gasteiger partial charge in [-0.15, -0.1) is 0 Å². The number of benzene rings is 1. The van der Waals surface area contributed by atoms with Gasteiger partial charge in [0.1, 0.15) is 11.6 Å². The van der Waals surface area contributed by atoms with Crippen LogP contribution in [-0.2, 0) is 13.1 Å². The van der Waals surface area contributed by atoms with Crippen LogP contribution in [-0.4, -0.2) is 4.98 Å². The molecule has 88 valence electrons. The zero-order valence-electron chi connectivity index (χ0n) is 9.16. The molecule has 1 aromatic heterocycles. The van der Waals surface area contributed by atoms with Gasteiger partial charge in [0.05, 0.1) is 5.69 Å². The predicted molar refractivity (Wildman–Crippen MR) is 61.1 cm³/mol. The Morgan fingerprint density at radius 1 is 0.941 bits per heavy atom. The van der Waals surface area contributed by atoms with Crippen LogP contribution >= 0.6 is 0 Å². The number of nitrogens with zero attached hydrogens (tertiary/aromatic N) is 1. The molecular formula is C13H12F2N2. The molecule has 0 radical (unpaired) electrons. The molecule has 0 fully saturated rings. The molecule has 1 N–H and O–H groups in total. The number of hydrogen-bond acceptors (Lipinski definition) is 2. The Bertz CT molecular complexity index is 466. The molecule has 2 nitrogen and oxygen atoms in total. The molecule has 0 saturated carbocycles. The fraction of sp³-hybridized carbons (Fsp3) is 0.154. The van der Waals surface area contributed by atoms with Crippen LogP contribution in [0.3, 0.4) is 0 Å². The molecule has 1 heterocycles. The SMILES string of the molecule is Fc1cccc(F)c1CNCc1ccccn1. The number of nitrogens with one attached hydrogen (secondary N) is 1. The quantitative estimate of drug-likeness (QED) is 0.879. The first-order chi connectivity index (χ1) is 8.27. The van der Waals surface area contributed by atoms with E-state index < -0.39 is 11.6 Å². The van der Waals surface area contributed by atoms with Gasteiger partial charge in [0, 0.05) is 24.8 Å². The van der Waals surface area contributed by atoms with E-state index in [1.54, 1.807) is 6.20 Å². The third kappa shape index (κ3) is 3.07. The third-order valence-electron chi connectivity index (χ3n) is 2.40. The van der Waals surface area contributed by atoms with Crippen molar-refractivity contribution in [3.05, 3.63) is 65.5 Å². The number of rotatable bonds is 4. The lowest BCUT2D eigenvalue weighted by Gasteiger charge is -2.06. The molecule has 0 aliphatic carbocycles. The number of halogens is 2. The second-order valence-electron chi connectivity index (χ2n) is 3.62. The van der Waals surface area contributed by atoms with E-state index in [4.69, 9.17) is 0 Å². The van der Waals surface area contributed by atoms with Crippen molar-refractivity contribution >= 4 is 0 Å². The van der Waals surface area contributed by atoms with Crippen molar-refractivity contribution in [1.82, 2.24) is 10.3 Å². The summed E-state index contributed by atoms with van der Waals surface area (Å²) >= 11 is 0. The Morgan fingerprint density at radius 3 is 2.35 bits per heavy atom. The first kappa shape index (κ1) is 11.7. The van der Waals surface area contributed by atoms with Crippen LogP contribution in [0.5, 0.6) is 0 Å². The molecule has 0 atom stereocenters. The maximum atomic E-state index is 13.3. The maximum Gasteiger partial charge on any atom is 0.130 e. The van der Waals surface area contributed by atoms with E-state index in [1.807, 2.05) is 18.2 Å². The van der Waals surface area contributed by atoms with Gasteiger partial charge in [0.25, 0.3) is 0 Å². The van der Waals surface area contributed by atoms with Crippen LogP contribution in [0.4, 0.5) is 8.78 Å². The summed E-state index contributed by atoms with van der Waals surface area (Å²) in [5, 5.41) is 2.96. The van der Waals surface area contributed by atoms with Crippen molar-refractivity contribution in [3.63, 3.8) is 0 Å². The standard InChI is InChI=1S/C13H12F2N2/c14-12-5-3-6-13(15)11(12)9-16-8-10-4-1-2-7-17-10/h1-7,16H,8-9H2. The van der Waals surface area contributed by atoms with Crippen LogP contribution in [0.1, 0.15) is 11.3 Å². The summed E-state index contributed by atoms with van der Waals surface area (Å²) in [4.78, 5) is 4.10. The van der Waals surface area contributed by atoms with Crippen LogP contribution in [0.25, 0.3) is 0 Å². The lowest BCUT2D eigenvalue weighted by atomic mass is 10.2. The van der Waals surface area contributed by atoms with Crippen molar-refractivity contribution in [2.75, 3.05) is 0 Å². The summed E-state index contributed by atoms with van der Waals surface area (Å²) in [5.74, 6) is -1.06. The minimum Gasteiger partial charge on any atom is -0.307 e. The van der Waals surface area contributed by atoms with Gasteiger partial charge in [0.2, 0.25) is 0 Å². The molecule has 0 bridgehead atoms. The van der Waals surface area contributed by atoms with E-state index in [2.05, 4.69) is 10.3 Å². The Hall–Kier alpha value is -1.81. The van der Waals surface area contributed by atoms with Crippen molar-refractivity contribution < 1.29 is 8.78 Å². The van der Waals surface area contributed by atoms with E-state index in [-0.39, 0.29) is 12.1 Å². The monoisotopic (exact) mass is 234 g/mol. The van der Waals surface area contributed by atoms with Gasteiger partial charge >= 0.3 is 0 Å². The number of pyridine rings is 1. The van der Waals surface area contributed by atoms with Crippen LogP contribution in [0.15, 0.2) is 42.6 Å². The molecule has 0 aliphatic heterocycles. The van der Waals surface area contributed by atoms with Gasteiger partial charge in [-0.3, -0.25) is 4.98 Å². The first-order valence-corrected chi connectivity index (χ1v) is 5.31. The molecule has 0 saturated heterocycles. The van der Waals surface area contributed by atoms with Gasteiger partial charge in [-0.05, 0) is 24.3 Å². The third-order valence-corrected chi connectivity index (χ3v) is 2.40. The second kappa shape index (κ2) is 5.50. The van der Waals surface area contributed by atoms with Crippen molar-refractivity contribution in [2.24, 2.45) is 0 Å². The number of hydrogen-bond donors (Lipinski definition) is 1. The molecule has 0 amide bonds. The second-order valence-corrected chi connectivity index (χ2v) is 3.62. The molecular weight excluding hydrogens is 222 g/mol. The Morgan fingerprint density at radius 2 is 1.71 bits per heavy atom. The Labute approximate surface area is 98.3 Å². The lowest BCUT2D eigenvalue weighted by Crippen LogP contribution is -2.15.